The zero-order valence-electron chi connectivity index (χ0n) is 16.2. The Bertz CT molecular complexity index is 1030. The third-order valence-electron chi connectivity index (χ3n) is 4.74. The Balaban J connectivity index is 1.61. The Morgan fingerprint density at radius 1 is 1.19 bits per heavy atom. The monoisotopic (exact) mass is 476 g/mol. The van der Waals surface area contributed by atoms with Crippen LogP contribution in [0.15, 0.2) is 48.5 Å². The number of anilines is 1. The van der Waals surface area contributed by atoms with Gasteiger partial charge in [0.2, 0.25) is 15.9 Å². The van der Waals surface area contributed by atoms with Gasteiger partial charge >= 0.3 is 6.36 Å². The van der Waals surface area contributed by atoms with Crippen LogP contribution in [-0.4, -0.2) is 38.1 Å². The first-order valence-corrected chi connectivity index (χ1v) is 11.4. The number of hydrogen-bond acceptors (Lipinski definition) is 4. The molecule has 1 saturated heterocycles. The molecule has 2 aromatic carbocycles. The van der Waals surface area contributed by atoms with E-state index in [1.807, 2.05) is 0 Å². The molecule has 3 rings (SSSR count). The largest absolute Gasteiger partial charge is 0.573 e. The minimum Gasteiger partial charge on any atom is -0.406 e. The zero-order valence-corrected chi connectivity index (χ0v) is 17.8. The third kappa shape index (κ3) is 6.84. The molecule has 0 saturated carbocycles. The fourth-order valence-electron chi connectivity index (χ4n) is 3.32. The van der Waals surface area contributed by atoms with E-state index in [-0.39, 0.29) is 12.3 Å². The molecule has 1 fully saturated rings. The predicted molar refractivity (Wildman–Crippen MR) is 110 cm³/mol. The van der Waals surface area contributed by atoms with Crippen LogP contribution in [-0.2, 0) is 20.6 Å². The number of halogens is 4. The van der Waals surface area contributed by atoms with Gasteiger partial charge in [-0.05, 0) is 54.8 Å². The van der Waals surface area contributed by atoms with E-state index in [0.29, 0.717) is 35.7 Å². The second kappa shape index (κ2) is 9.46. The van der Waals surface area contributed by atoms with Gasteiger partial charge in [-0.3, -0.25) is 4.79 Å². The molecule has 168 valence electrons. The van der Waals surface area contributed by atoms with Gasteiger partial charge in [0, 0.05) is 23.8 Å². The molecule has 1 atom stereocenters. The van der Waals surface area contributed by atoms with Crippen LogP contribution in [0.5, 0.6) is 5.75 Å². The van der Waals surface area contributed by atoms with Gasteiger partial charge in [-0.1, -0.05) is 23.7 Å². The Kier molecular flexibility index (Phi) is 7.13. The summed E-state index contributed by atoms with van der Waals surface area (Å²) in [4.78, 5) is 12.6. The van der Waals surface area contributed by atoms with Gasteiger partial charge in [0.25, 0.3) is 0 Å². The van der Waals surface area contributed by atoms with Crippen molar-refractivity contribution in [2.24, 2.45) is 5.92 Å². The predicted octanol–water partition coefficient (Wildman–Crippen LogP) is 4.42. The smallest absolute Gasteiger partial charge is 0.406 e. The maximum atomic E-state index is 12.8. The second-order valence-corrected chi connectivity index (χ2v) is 9.55. The Labute approximate surface area is 183 Å². The van der Waals surface area contributed by atoms with E-state index in [1.54, 1.807) is 24.3 Å². The Morgan fingerprint density at radius 3 is 2.55 bits per heavy atom. The number of hydrogen-bond donors (Lipinski definition) is 1. The number of sulfonamides is 1. The third-order valence-corrected chi connectivity index (χ3v) is 6.79. The number of alkyl halides is 3. The maximum absolute atomic E-state index is 12.8. The molecule has 1 amide bonds. The van der Waals surface area contributed by atoms with Gasteiger partial charge in [-0.2, -0.15) is 0 Å². The van der Waals surface area contributed by atoms with Crippen LogP contribution in [0, 0.1) is 5.92 Å². The molecule has 1 heterocycles. The molecule has 0 bridgehead atoms. The van der Waals surface area contributed by atoms with Crippen LogP contribution in [0.1, 0.15) is 18.4 Å². The van der Waals surface area contributed by atoms with E-state index >= 15 is 0 Å². The van der Waals surface area contributed by atoms with E-state index in [2.05, 4.69) is 10.1 Å². The van der Waals surface area contributed by atoms with Crippen LogP contribution in [0.3, 0.4) is 0 Å². The minimum absolute atomic E-state index is 0.0317. The highest BCUT2D eigenvalue weighted by Gasteiger charge is 2.33. The summed E-state index contributed by atoms with van der Waals surface area (Å²) in [6, 6.07) is 11.3. The summed E-state index contributed by atoms with van der Waals surface area (Å²) in [5.74, 6) is -1.59. The van der Waals surface area contributed by atoms with E-state index in [0.717, 1.165) is 12.1 Å². The summed E-state index contributed by atoms with van der Waals surface area (Å²) in [6.07, 6.45) is -3.78. The summed E-state index contributed by atoms with van der Waals surface area (Å²) >= 11 is 5.92. The molecule has 1 aliphatic heterocycles. The molecule has 31 heavy (non-hydrogen) atoms. The highest BCUT2D eigenvalue weighted by atomic mass is 35.5. The van der Waals surface area contributed by atoms with Crippen molar-refractivity contribution < 1.29 is 31.1 Å². The van der Waals surface area contributed by atoms with Crippen LogP contribution >= 0.6 is 11.6 Å². The van der Waals surface area contributed by atoms with E-state index in [1.165, 1.54) is 16.4 Å². The topological polar surface area (TPSA) is 75.7 Å². The number of rotatable bonds is 6. The quantitative estimate of drug-likeness (QED) is 0.669. The van der Waals surface area contributed by atoms with Gasteiger partial charge in [-0.25, -0.2) is 12.7 Å². The standard InChI is InChI=1S/C20H20ClF3N2O4S/c21-16-5-1-3-14(11-16)13-31(28,29)26-10-2-4-15(12-26)19(27)25-17-6-8-18(9-7-17)30-20(22,23)24/h1,3,5-9,11,15H,2,4,10,12-13H2,(H,25,27). The highest BCUT2D eigenvalue weighted by Crippen LogP contribution is 2.26. The summed E-state index contributed by atoms with van der Waals surface area (Å²) in [5.41, 5.74) is 0.846. The number of amides is 1. The molecule has 1 aliphatic rings. The number of piperidine rings is 1. The number of benzene rings is 2. The first-order chi connectivity index (χ1) is 14.5. The van der Waals surface area contributed by atoms with Crippen molar-refractivity contribution in [3.63, 3.8) is 0 Å². The molecule has 1 N–H and O–H groups in total. The lowest BCUT2D eigenvalue weighted by molar-refractivity contribution is -0.274. The molecule has 0 aliphatic carbocycles. The van der Waals surface area contributed by atoms with Crippen molar-refractivity contribution >= 4 is 33.2 Å². The number of nitrogens with one attached hydrogen (secondary N) is 1. The summed E-state index contributed by atoms with van der Waals surface area (Å²) in [7, 11) is -3.64. The minimum atomic E-state index is -4.80. The number of nitrogens with zero attached hydrogens (tertiary/aromatic N) is 1. The van der Waals surface area contributed by atoms with Gasteiger partial charge < -0.3 is 10.1 Å². The lowest BCUT2D eigenvalue weighted by Gasteiger charge is -2.31. The lowest BCUT2D eigenvalue weighted by atomic mass is 9.99. The molecule has 0 radical (unpaired) electrons. The Hall–Kier alpha value is -2.30. The molecular weight excluding hydrogens is 457 g/mol. The second-order valence-electron chi connectivity index (χ2n) is 7.14. The molecule has 0 aromatic heterocycles. The number of ether oxygens (including phenoxy) is 1. The van der Waals surface area contributed by atoms with Crippen molar-refractivity contribution in [3.8, 4) is 5.75 Å². The lowest BCUT2D eigenvalue weighted by Crippen LogP contribution is -2.44. The molecule has 6 nitrogen and oxygen atoms in total. The average Bonchev–Trinajstić information content (AvgIpc) is 2.68. The first-order valence-electron chi connectivity index (χ1n) is 9.41. The van der Waals surface area contributed by atoms with Gasteiger partial charge in [0.05, 0.1) is 11.7 Å². The number of carbonyl (C=O) groups excluding carboxylic acids is 1. The van der Waals surface area contributed by atoms with Gasteiger partial charge in [0.1, 0.15) is 5.75 Å². The molecule has 0 spiro atoms. The summed E-state index contributed by atoms with van der Waals surface area (Å²) < 4.78 is 67.4. The van der Waals surface area contributed by atoms with E-state index in [4.69, 9.17) is 11.6 Å². The van der Waals surface area contributed by atoms with Crippen LogP contribution in [0.2, 0.25) is 5.02 Å². The summed E-state index contributed by atoms with van der Waals surface area (Å²) in [6.45, 7) is 0.347. The van der Waals surface area contributed by atoms with E-state index < -0.39 is 34.0 Å². The van der Waals surface area contributed by atoms with Crippen LogP contribution in [0.25, 0.3) is 0 Å². The maximum Gasteiger partial charge on any atom is 0.573 e. The van der Waals surface area contributed by atoms with Gasteiger partial charge in [-0.15, -0.1) is 13.2 Å². The van der Waals surface area contributed by atoms with Crippen molar-refractivity contribution in [1.29, 1.82) is 0 Å². The molecule has 11 heteroatoms. The summed E-state index contributed by atoms with van der Waals surface area (Å²) in [5, 5.41) is 3.06. The van der Waals surface area contributed by atoms with Crippen LogP contribution in [0.4, 0.5) is 18.9 Å². The average molecular weight is 477 g/mol. The van der Waals surface area contributed by atoms with E-state index in [9.17, 15) is 26.4 Å². The Morgan fingerprint density at radius 2 is 1.90 bits per heavy atom. The molecule has 1 unspecified atom stereocenters. The van der Waals surface area contributed by atoms with Crippen molar-refractivity contribution in [3.05, 3.63) is 59.1 Å². The van der Waals surface area contributed by atoms with Crippen molar-refractivity contribution in [1.82, 2.24) is 4.31 Å². The molecule has 2 aromatic rings. The first kappa shape index (κ1) is 23.4. The molecular formula is C20H20ClF3N2O4S. The SMILES string of the molecule is O=C(Nc1ccc(OC(F)(F)F)cc1)C1CCCN(S(=O)(=O)Cc2cccc(Cl)c2)C1. The van der Waals surface area contributed by atoms with Crippen molar-refractivity contribution in [2.75, 3.05) is 18.4 Å². The highest BCUT2D eigenvalue weighted by molar-refractivity contribution is 7.88. The van der Waals surface area contributed by atoms with Crippen molar-refractivity contribution in [2.45, 2.75) is 25.0 Å². The zero-order chi connectivity index (χ0) is 22.6. The van der Waals surface area contributed by atoms with Crippen LogP contribution < -0.4 is 10.1 Å². The fourth-order valence-corrected chi connectivity index (χ4v) is 5.13. The van der Waals surface area contributed by atoms with Gasteiger partial charge in [0.15, 0.2) is 0 Å². The fraction of sp³-hybridized carbons (Fsp3) is 0.350. The number of carbonyl (C=O) groups is 1. The normalized spacial score (nSPS) is 17.9.